The van der Waals surface area contributed by atoms with E-state index in [1.807, 2.05) is 18.2 Å². The molecule has 1 saturated carbocycles. The fraction of sp³-hybridized carbons (Fsp3) is 0.500. The molecule has 0 amide bonds. The van der Waals surface area contributed by atoms with Gasteiger partial charge in [0.25, 0.3) is 0 Å². The maximum absolute atomic E-state index is 10.9. The van der Waals surface area contributed by atoms with Crippen LogP contribution in [0.3, 0.4) is 0 Å². The first-order valence-corrected chi connectivity index (χ1v) is 6.04. The fourth-order valence-corrected chi connectivity index (χ4v) is 2.43. The van der Waals surface area contributed by atoms with Crippen LogP contribution in [-0.4, -0.2) is 5.97 Å². The Hall–Kier alpha value is -1.31. The largest absolute Gasteiger partial charge is 0.427 e. The number of ether oxygens (including phenoxy) is 1. The van der Waals surface area contributed by atoms with Crippen molar-refractivity contribution in [2.45, 2.75) is 44.9 Å². The molecule has 0 unspecified atom stereocenters. The SMILES string of the molecule is CC(=O)Oc1cccc(C2CCCCC2)c1. The van der Waals surface area contributed by atoms with Gasteiger partial charge in [0.2, 0.25) is 0 Å². The Kier molecular flexibility index (Phi) is 3.60. The van der Waals surface area contributed by atoms with Gasteiger partial charge in [-0.3, -0.25) is 4.79 Å². The first kappa shape index (κ1) is 11.2. The van der Waals surface area contributed by atoms with Crippen molar-refractivity contribution in [3.05, 3.63) is 29.8 Å². The van der Waals surface area contributed by atoms with Crippen molar-refractivity contribution in [3.8, 4) is 5.75 Å². The van der Waals surface area contributed by atoms with Gasteiger partial charge in [0.05, 0.1) is 0 Å². The third-order valence-electron chi connectivity index (χ3n) is 3.20. The minimum Gasteiger partial charge on any atom is -0.427 e. The van der Waals surface area contributed by atoms with Crippen molar-refractivity contribution in [2.75, 3.05) is 0 Å². The summed E-state index contributed by atoms with van der Waals surface area (Å²) in [6, 6.07) is 7.97. The highest BCUT2D eigenvalue weighted by atomic mass is 16.5. The fourth-order valence-electron chi connectivity index (χ4n) is 2.43. The van der Waals surface area contributed by atoms with Gasteiger partial charge < -0.3 is 4.74 Å². The average Bonchev–Trinajstić information content (AvgIpc) is 2.30. The molecule has 0 saturated heterocycles. The number of hydrogen-bond donors (Lipinski definition) is 0. The predicted molar refractivity (Wildman–Crippen MR) is 63.6 cm³/mol. The number of carbonyl (C=O) groups is 1. The van der Waals surface area contributed by atoms with E-state index >= 15 is 0 Å². The van der Waals surface area contributed by atoms with E-state index in [0.29, 0.717) is 11.7 Å². The minimum atomic E-state index is -0.249. The number of rotatable bonds is 2. The Morgan fingerprint density at radius 2 is 2.00 bits per heavy atom. The quantitative estimate of drug-likeness (QED) is 0.559. The first-order valence-electron chi connectivity index (χ1n) is 6.04. The van der Waals surface area contributed by atoms with Gasteiger partial charge in [-0.05, 0) is 36.5 Å². The standard InChI is InChI=1S/C14H18O2/c1-11(15)16-14-9-5-8-13(10-14)12-6-3-2-4-7-12/h5,8-10,12H,2-4,6-7H2,1H3. The van der Waals surface area contributed by atoms with Crippen LogP contribution in [0.25, 0.3) is 0 Å². The second-order valence-electron chi connectivity index (χ2n) is 4.50. The van der Waals surface area contributed by atoms with E-state index in [0.717, 1.165) is 0 Å². The Balaban J connectivity index is 2.11. The predicted octanol–water partition coefficient (Wildman–Crippen LogP) is 3.66. The summed E-state index contributed by atoms with van der Waals surface area (Å²) < 4.78 is 5.11. The monoisotopic (exact) mass is 218 g/mol. The first-order chi connectivity index (χ1) is 7.75. The molecule has 0 radical (unpaired) electrons. The summed E-state index contributed by atoms with van der Waals surface area (Å²) in [5.74, 6) is 1.08. The normalized spacial score (nSPS) is 17.1. The molecular formula is C14H18O2. The second kappa shape index (κ2) is 5.15. The zero-order valence-electron chi connectivity index (χ0n) is 9.74. The summed E-state index contributed by atoms with van der Waals surface area (Å²) in [5.41, 5.74) is 1.32. The Bertz CT molecular complexity index is 365. The van der Waals surface area contributed by atoms with E-state index in [2.05, 4.69) is 6.07 Å². The van der Waals surface area contributed by atoms with Crippen LogP contribution in [0.15, 0.2) is 24.3 Å². The minimum absolute atomic E-state index is 0.249. The van der Waals surface area contributed by atoms with Crippen molar-refractivity contribution < 1.29 is 9.53 Å². The zero-order chi connectivity index (χ0) is 11.4. The molecule has 1 aliphatic rings. The van der Waals surface area contributed by atoms with E-state index in [4.69, 9.17) is 4.74 Å². The van der Waals surface area contributed by atoms with E-state index < -0.39 is 0 Å². The maximum atomic E-state index is 10.9. The van der Waals surface area contributed by atoms with Crippen LogP contribution in [0, 0.1) is 0 Å². The van der Waals surface area contributed by atoms with Crippen LogP contribution < -0.4 is 4.74 Å². The molecular weight excluding hydrogens is 200 g/mol. The highest BCUT2D eigenvalue weighted by Crippen LogP contribution is 2.33. The molecule has 2 heteroatoms. The lowest BCUT2D eigenvalue weighted by atomic mass is 9.84. The lowest BCUT2D eigenvalue weighted by molar-refractivity contribution is -0.131. The molecule has 0 bridgehead atoms. The Morgan fingerprint density at radius 3 is 2.69 bits per heavy atom. The van der Waals surface area contributed by atoms with Gasteiger partial charge in [0.1, 0.15) is 5.75 Å². The molecule has 1 aliphatic carbocycles. The summed E-state index contributed by atoms with van der Waals surface area (Å²) in [6.45, 7) is 1.44. The highest BCUT2D eigenvalue weighted by molar-refractivity contribution is 5.69. The van der Waals surface area contributed by atoms with Crippen molar-refractivity contribution in [1.82, 2.24) is 0 Å². The van der Waals surface area contributed by atoms with Gasteiger partial charge in [0, 0.05) is 6.92 Å². The molecule has 1 fully saturated rings. The van der Waals surface area contributed by atoms with Gasteiger partial charge in [-0.2, -0.15) is 0 Å². The summed E-state index contributed by atoms with van der Waals surface area (Å²) in [6.07, 6.45) is 6.54. The van der Waals surface area contributed by atoms with E-state index in [1.165, 1.54) is 44.6 Å². The van der Waals surface area contributed by atoms with E-state index in [1.54, 1.807) is 0 Å². The van der Waals surface area contributed by atoms with Gasteiger partial charge >= 0.3 is 5.97 Å². The number of esters is 1. The number of carbonyl (C=O) groups excluding carboxylic acids is 1. The van der Waals surface area contributed by atoms with Crippen LogP contribution in [0.5, 0.6) is 5.75 Å². The molecule has 16 heavy (non-hydrogen) atoms. The molecule has 0 N–H and O–H groups in total. The third-order valence-corrected chi connectivity index (χ3v) is 3.20. The summed E-state index contributed by atoms with van der Waals surface area (Å²) in [7, 11) is 0. The second-order valence-corrected chi connectivity index (χ2v) is 4.50. The maximum Gasteiger partial charge on any atom is 0.308 e. The molecule has 0 spiro atoms. The third kappa shape index (κ3) is 2.84. The Morgan fingerprint density at radius 1 is 1.25 bits per heavy atom. The van der Waals surface area contributed by atoms with Crippen LogP contribution in [-0.2, 0) is 4.79 Å². The van der Waals surface area contributed by atoms with Gasteiger partial charge in [-0.15, -0.1) is 0 Å². The Labute approximate surface area is 96.6 Å². The summed E-state index contributed by atoms with van der Waals surface area (Å²) in [4.78, 5) is 10.9. The van der Waals surface area contributed by atoms with E-state index in [-0.39, 0.29) is 5.97 Å². The van der Waals surface area contributed by atoms with Crippen LogP contribution in [0.2, 0.25) is 0 Å². The van der Waals surface area contributed by atoms with Crippen LogP contribution in [0.1, 0.15) is 50.5 Å². The van der Waals surface area contributed by atoms with Crippen molar-refractivity contribution in [3.63, 3.8) is 0 Å². The van der Waals surface area contributed by atoms with Crippen LogP contribution >= 0.6 is 0 Å². The van der Waals surface area contributed by atoms with Gasteiger partial charge in [-0.1, -0.05) is 31.4 Å². The molecule has 1 aromatic carbocycles. The number of benzene rings is 1. The lowest BCUT2D eigenvalue weighted by Crippen LogP contribution is -2.06. The summed E-state index contributed by atoms with van der Waals surface area (Å²) in [5, 5.41) is 0. The van der Waals surface area contributed by atoms with Gasteiger partial charge in [-0.25, -0.2) is 0 Å². The zero-order valence-corrected chi connectivity index (χ0v) is 9.74. The molecule has 2 nitrogen and oxygen atoms in total. The molecule has 86 valence electrons. The average molecular weight is 218 g/mol. The van der Waals surface area contributed by atoms with Crippen molar-refractivity contribution in [1.29, 1.82) is 0 Å². The topological polar surface area (TPSA) is 26.3 Å². The molecule has 0 atom stereocenters. The molecule has 0 aromatic heterocycles. The highest BCUT2D eigenvalue weighted by Gasteiger charge is 2.15. The van der Waals surface area contributed by atoms with Crippen LogP contribution in [0.4, 0.5) is 0 Å². The molecule has 0 aliphatic heterocycles. The summed E-state index contributed by atoms with van der Waals surface area (Å²) >= 11 is 0. The lowest BCUT2D eigenvalue weighted by Gasteiger charge is -2.22. The molecule has 0 heterocycles. The van der Waals surface area contributed by atoms with Gasteiger partial charge in [0.15, 0.2) is 0 Å². The smallest absolute Gasteiger partial charge is 0.308 e. The number of hydrogen-bond acceptors (Lipinski definition) is 2. The van der Waals surface area contributed by atoms with E-state index in [9.17, 15) is 4.79 Å². The molecule has 2 rings (SSSR count). The van der Waals surface area contributed by atoms with Crippen molar-refractivity contribution in [2.24, 2.45) is 0 Å². The molecule has 1 aromatic rings. The van der Waals surface area contributed by atoms with Crippen molar-refractivity contribution >= 4 is 5.97 Å².